The molecule has 82 heavy (non-hydrogen) atoms. The smallest absolute Gasteiger partial charge is 0.209 e. The molecule has 0 bridgehead atoms. The number of unbranched alkanes of at least 4 members (excludes halogenated alkanes) is 1. The Morgan fingerprint density at radius 1 is 0.500 bits per heavy atom. The van der Waals surface area contributed by atoms with Crippen LogP contribution in [-0.4, -0.2) is 48.8 Å². The van der Waals surface area contributed by atoms with Crippen molar-refractivity contribution in [2.75, 3.05) is 38.0 Å². The van der Waals surface area contributed by atoms with Gasteiger partial charge in [0.15, 0.2) is 11.4 Å². The predicted octanol–water partition coefficient (Wildman–Crippen LogP) is 20.5. The van der Waals surface area contributed by atoms with Crippen LogP contribution in [0.4, 0.5) is 22.7 Å². The summed E-state index contributed by atoms with van der Waals surface area (Å²) in [6, 6.07) is 42.3. The third-order valence-electron chi connectivity index (χ3n) is 22.8. The zero-order valence-corrected chi connectivity index (χ0v) is 53.1. The number of nitrogens with zero attached hydrogens (tertiary/aromatic N) is 4. The van der Waals surface area contributed by atoms with E-state index in [1.165, 1.54) is 214 Å². The van der Waals surface area contributed by atoms with Crippen molar-refractivity contribution >= 4 is 87.6 Å². The lowest BCUT2D eigenvalue weighted by Gasteiger charge is -2.33. The highest BCUT2D eigenvalue weighted by atomic mass is 79.9. The van der Waals surface area contributed by atoms with Gasteiger partial charge >= 0.3 is 0 Å². The molecule has 14 rings (SSSR count). The molecule has 8 aliphatic rings. The summed E-state index contributed by atoms with van der Waals surface area (Å²) >= 11 is 7.83. The fourth-order valence-electron chi connectivity index (χ4n) is 18.6. The zero-order chi connectivity index (χ0) is 56.1. The molecular weight excluding hydrogens is 1130 g/mol. The van der Waals surface area contributed by atoms with Crippen LogP contribution in [0.15, 0.2) is 165 Å². The van der Waals surface area contributed by atoms with Crippen LogP contribution < -0.4 is 9.80 Å². The van der Waals surface area contributed by atoms with Gasteiger partial charge in [-0.1, -0.05) is 170 Å². The number of hydrogen-bond acceptors (Lipinski definition) is 2. The first-order valence-electron chi connectivity index (χ1n) is 32.0. The molecule has 0 N–H and O–H groups in total. The molecule has 4 aliphatic carbocycles. The quantitative estimate of drug-likeness (QED) is 0.0947. The first-order valence-corrected chi connectivity index (χ1v) is 33.6. The highest BCUT2D eigenvalue weighted by molar-refractivity contribution is 9.10. The Hall–Kier alpha value is -5.30. The molecule has 6 aromatic rings. The fraction of sp³-hybridized carbons (Fsp3) is 0.447. The van der Waals surface area contributed by atoms with Crippen LogP contribution in [0.25, 0.3) is 21.5 Å². The molecule has 0 aromatic heterocycles. The first kappa shape index (κ1) is 54.6. The molecule has 4 nitrogen and oxygen atoms in total. The summed E-state index contributed by atoms with van der Waals surface area (Å²) in [7, 11) is 9.51. The Labute approximate surface area is 507 Å². The lowest BCUT2D eigenvalue weighted by molar-refractivity contribution is -0.401. The third kappa shape index (κ3) is 8.72. The van der Waals surface area contributed by atoms with E-state index in [-0.39, 0.29) is 21.7 Å². The van der Waals surface area contributed by atoms with Gasteiger partial charge in [0.1, 0.15) is 14.1 Å². The maximum atomic E-state index is 3.91. The predicted molar refractivity (Wildman–Crippen MR) is 354 cm³/mol. The van der Waals surface area contributed by atoms with Crippen molar-refractivity contribution in [2.24, 2.45) is 11.8 Å². The van der Waals surface area contributed by atoms with E-state index in [0.717, 1.165) is 25.7 Å². The van der Waals surface area contributed by atoms with Gasteiger partial charge in [-0.15, -0.1) is 0 Å². The molecule has 2 spiro atoms. The van der Waals surface area contributed by atoms with E-state index in [0.29, 0.717) is 11.8 Å². The summed E-state index contributed by atoms with van der Waals surface area (Å²) in [5.41, 5.74) is 20.5. The van der Waals surface area contributed by atoms with E-state index < -0.39 is 0 Å². The molecule has 4 aliphatic heterocycles. The third-order valence-corrected chi connectivity index (χ3v) is 23.7. The standard InChI is InChI=1S/C76H86Br2N4/c1-73(67(81(5)65-35-31-53-27-13-15-29-59(53)71(65)73)45-55(51-23-9-7-10-24-51)47-69-75(41-19-20-42-75)61-49-57(77)33-37-63(61)79(69)3)39-17-18-40-74(2)68(82(6)66-36-32-54-28-14-16-30-60(54)72(66)74)46-56(52-25-11-8-12-26-52)48-70-76(43-21-22-44-76)62-50-58(78)34-38-64(62)80(70)4/h13-16,27-38,45-52H,7-12,17-26,39-44H2,1-6H3/q+2. The second-order valence-electron chi connectivity index (χ2n) is 27.2. The van der Waals surface area contributed by atoms with Gasteiger partial charge in [-0.25, -0.2) is 0 Å². The zero-order valence-electron chi connectivity index (χ0n) is 50.0. The van der Waals surface area contributed by atoms with Crippen molar-refractivity contribution in [3.63, 3.8) is 0 Å². The molecule has 0 radical (unpaired) electrons. The number of benzene rings is 6. The van der Waals surface area contributed by atoms with E-state index in [1.807, 2.05) is 0 Å². The van der Waals surface area contributed by atoms with Gasteiger partial charge in [0.2, 0.25) is 11.4 Å². The Morgan fingerprint density at radius 2 is 0.890 bits per heavy atom. The molecule has 422 valence electrons. The van der Waals surface area contributed by atoms with E-state index in [1.54, 1.807) is 11.1 Å². The lowest BCUT2D eigenvalue weighted by Crippen LogP contribution is -2.32. The highest BCUT2D eigenvalue weighted by Crippen LogP contribution is 2.58. The van der Waals surface area contributed by atoms with Crippen LogP contribution in [0.1, 0.15) is 177 Å². The van der Waals surface area contributed by atoms with Crippen LogP contribution in [0.3, 0.4) is 0 Å². The van der Waals surface area contributed by atoms with Crippen molar-refractivity contribution in [3.05, 3.63) is 187 Å². The number of fused-ring (bicyclic) bond motifs is 10. The summed E-state index contributed by atoms with van der Waals surface area (Å²) in [5.74, 6) is 1.10. The minimum absolute atomic E-state index is 0.0677. The number of allylic oxidation sites excluding steroid dienone is 8. The van der Waals surface area contributed by atoms with Gasteiger partial charge in [-0.2, -0.15) is 9.15 Å². The Balaban J connectivity index is 0.866. The van der Waals surface area contributed by atoms with Gasteiger partial charge in [0.05, 0.1) is 10.8 Å². The number of hydrogen-bond donors (Lipinski definition) is 0. The number of halogens is 2. The van der Waals surface area contributed by atoms with E-state index in [9.17, 15) is 0 Å². The minimum Gasteiger partial charge on any atom is -0.347 e. The maximum absolute atomic E-state index is 3.91. The molecule has 6 heteroatoms. The average Bonchev–Trinajstić information content (AvgIpc) is 2.22. The molecule has 4 fully saturated rings. The van der Waals surface area contributed by atoms with Crippen molar-refractivity contribution in [2.45, 2.75) is 177 Å². The van der Waals surface area contributed by atoms with Crippen molar-refractivity contribution in [1.29, 1.82) is 0 Å². The van der Waals surface area contributed by atoms with Crippen molar-refractivity contribution < 1.29 is 9.15 Å². The van der Waals surface area contributed by atoms with E-state index in [4.69, 9.17) is 0 Å². The van der Waals surface area contributed by atoms with Gasteiger partial charge in [-0.3, -0.25) is 0 Å². The monoisotopic (exact) mass is 1210 g/mol. The molecule has 2 unspecified atom stereocenters. The van der Waals surface area contributed by atoms with E-state index in [2.05, 4.69) is 226 Å². The van der Waals surface area contributed by atoms with Crippen molar-refractivity contribution in [3.8, 4) is 0 Å². The van der Waals surface area contributed by atoms with E-state index >= 15 is 0 Å². The second kappa shape index (κ2) is 21.3. The summed E-state index contributed by atoms with van der Waals surface area (Å²) in [4.78, 5) is 5.25. The molecule has 0 saturated heterocycles. The minimum atomic E-state index is -0.189. The van der Waals surface area contributed by atoms with Gasteiger partial charge < -0.3 is 9.80 Å². The van der Waals surface area contributed by atoms with Gasteiger partial charge in [0.25, 0.3) is 0 Å². The number of anilines is 2. The second-order valence-corrected chi connectivity index (χ2v) is 29.0. The summed E-state index contributed by atoms with van der Waals surface area (Å²) in [5, 5.41) is 5.52. The normalized spacial score (nSPS) is 25.4. The largest absolute Gasteiger partial charge is 0.347 e. The van der Waals surface area contributed by atoms with Crippen LogP contribution in [0.5, 0.6) is 0 Å². The summed E-state index contributed by atoms with van der Waals surface area (Å²) < 4.78 is 7.57. The van der Waals surface area contributed by atoms with Crippen LogP contribution in [0, 0.1) is 11.8 Å². The summed E-state index contributed by atoms with van der Waals surface area (Å²) in [6.45, 7) is 5.28. The van der Waals surface area contributed by atoms with Crippen LogP contribution in [0.2, 0.25) is 0 Å². The van der Waals surface area contributed by atoms with Gasteiger partial charge in [-0.05, 0) is 182 Å². The van der Waals surface area contributed by atoms with Crippen molar-refractivity contribution in [1.82, 2.24) is 0 Å². The Morgan fingerprint density at radius 3 is 1.29 bits per heavy atom. The fourth-order valence-corrected chi connectivity index (χ4v) is 19.3. The van der Waals surface area contributed by atoms with Crippen LogP contribution in [-0.2, 0) is 21.7 Å². The molecule has 4 saturated carbocycles. The molecule has 0 amide bonds. The highest BCUT2D eigenvalue weighted by Gasteiger charge is 2.54. The SMILES string of the molecule is CN1C(=CC(=CC2=[N+](C)c3ccc(Br)cc3C23CCCC3)C2CCCCC2)C(C)(CCCCC2(C)C(=CC(=CC3=[N+](C)c4ccc(Br)cc4C34CCCC4)C3CCCCC3)N(C)c3ccc4ccccc4c32)c2c1ccc1ccccc21. The topological polar surface area (TPSA) is 12.5 Å². The Bertz CT molecular complexity index is 3500. The molecule has 6 aromatic carbocycles. The summed E-state index contributed by atoms with van der Waals surface area (Å²) in [6.07, 6.45) is 38.6. The lowest BCUT2D eigenvalue weighted by atomic mass is 9.71. The van der Waals surface area contributed by atoms with Crippen LogP contribution >= 0.6 is 31.9 Å². The van der Waals surface area contributed by atoms with Gasteiger partial charge in [0, 0.05) is 92.1 Å². The number of likely N-dealkylation sites (N-methyl/N-ethyl adjacent to an activating group) is 2. The Kier molecular flexibility index (Phi) is 14.2. The first-order chi connectivity index (χ1) is 39.8. The molecule has 2 atom stereocenters. The average molecular weight is 1220 g/mol. The number of rotatable bonds is 11. The molecular formula is C76H86Br2N4+2. The molecule has 4 heterocycles. The maximum Gasteiger partial charge on any atom is 0.209 e.